The Morgan fingerprint density at radius 2 is 0.783 bits per heavy atom. The van der Waals surface area contributed by atoms with Crippen LogP contribution in [-0.4, -0.2) is 56.2 Å². The minimum atomic E-state index is -0.794. The molecule has 0 heterocycles. The summed E-state index contributed by atoms with van der Waals surface area (Å²) in [6.07, 6.45) is 56.1. The van der Waals surface area contributed by atoms with E-state index < -0.39 is 6.10 Å². The van der Waals surface area contributed by atoms with Gasteiger partial charge in [-0.25, -0.2) is 0 Å². The molecule has 0 saturated heterocycles. The zero-order valence-electron chi connectivity index (χ0n) is 45.6. The van der Waals surface area contributed by atoms with E-state index in [4.69, 9.17) is 19.9 Å². The van der Waals surface area contributed by atoms with Crippen LogP contribution >= 0.6 is 0 Å². The molecular formula is C60H112N2O7. The molecule has 2 unspecified atom stereocenters. The van der Waals surface area contributed by atoms with Crippen molar-refractivity contribution >= 4 is 23.8 Å². The number of hydrogen-bond acceptors (Lipinski definition) is 8. The highest BCUT2D eigenvalue weighted by Crippen LogP contribution is 2.20. The average Bonchev–Trinajstić information content (AvgIpc) is 3.34. The summed E-state index contributed by atoms with van der Waals surface area (Å²) in [7, 11) is 0. The number of allylic oxidation sites excluding steroid dienone is 4. The number of hydrogen-bond donors (Lipinski definition) is 2. The normalized spacial score (nSPS) is 12.5. The molecule has 2 atom stereocenters. The number of nitrogens with one attached hydrogen (secondary N) is 1. The maximum absolute atomic E-state index is 12.9. The molecule has 1 amide bonds. The van der Waals surface area contributed by atoms with E-state index in [9.17, 15) is 19.2 Å². The lowest BCUT2D eigenvalue weighted by Crippen LogP contribution is -2.30. The number of amides is 1. The Balaban J connectivity index is 4.39. The number of ether oxygens (including phenoxy) is 3. The topological polar surface area (TPSA) is 134 Å². The highest BCUT2D eigenvalue weighted by Gasteiger charge is 2.19. The molecule has 3 N–H and O–H groups in total. The predicted octanol–water partition coefficient (Wildman–Crippen LogP) is 16.6. The predicted molar refractivity (Wildman–Crippen MR) is 291 cm³/mol. The lowest BCUT2D eigenvalue weighted by molar-refractivity contribution is -0.167. The molecule has 69 heavy (non-hydrogen) atoms. The van der Waals surface area contributed by atoms with Crippen molar-refractivity contribution in [1.29, 1.82) is 0 Å². The SMILES string of the molecule is CCCCC/C=C\C/C=C\CCCCCCCC(=O)OC(COC(=O)CCCCCCCCCCCCCCCCC)COC(=O)CCCCCCCC(C)CCCCCCCCC(=O)NCCN. The molecule has 0 saturated carbocycles. The van der Waals surface area contributed by atoms with Gasteiger partial charge in [-0.15, -0.1) is 0 Å². The first-order valence-corrected chi connectivity index (χ1v) is 29.6. The summed E-state index contributed by atoms with van der Waals surface area (Å²) in [5.74, 6) is -0.0579. The Morgan fingerprint density at radius 1 is 0.435 bits per heavy atom. The Labute approximate surface area is 426 Å². The largest absolute Gasteiger partial charge is 0.462 e. The summed E-state index contributed by atoms with van der Waals surface area (Å²) >= 11 is 0. The van der Waals surface area contributed by atoms with E-state index in [2.05, 4.69) is 50.4 Å². The van der Waals surface area contributed by atoms with Crippen molar-refractivity contribution in [1.82, 2.24) is 5.32 Å². The molecule has 0 fully saturated rings. The fourth-order valence-electron chi connectivity index (χ4n) is 8.82. The summed E-state index contributed by atoms with van der Waals surface area (Å²) in [6.45, 7) is 7.75. The standard InChI is InChI=1S/C60H112N2O7/c1-4-6-8-10-12-14-16-18-20-22-24-26-28-36-42-48-58(64)67-53-56(69-60(66)50-44-37-29-27-25-23-21-19-17-15-13-11-9-7-5-2)54-68-59(65)49-43-38-32-34-40-46-55(3)45-39-33-30-31-35-41-47-57(63)62-52-51-61/h13,15,19,21,55-56H,4-12,14,16-18,20,22-54,61H2,1-3H3,(H,62,63)/b15-13-,21-19-. The van der Waals surface area contributed by atoms with Gasteiger partial charge in [-0.05, 0) is 63.7 Å². The van der Waals surface area contributed by atoms with E-state index in [1.165, 1.54) is 154 Å². The van der Waals surface area contributed by atoms with Gasteiger partial charge in [0.25, 0.3) is 0 Å². The molecule has 0 aromatic heterocycles. The minimum Gasteiger partial charge on any atom is -0.462 e. The van der Waals surface area contributed by atoms with Crippen LogP contribution in [0.5, 0.6) is 0 Å². The van der Waals surface area contributed by atoms with E-state index in [0.717, 1.165) is 102 Å². The lowest BCUT2D eigenvalue weighted by Gasteiger charge is -2.18. The molecule has 0 radical (unpaired) electrons. The molecule has 0 bridgehead atoms. The van der Waals surface area contributed by atoms with Gasteiger partial charge in [-0.3, -0.25) is 19.2 Å². The van der Waals surface area contributed by atoms with Gasteiger partial charge in [0.15, 0.2) is 6.10 Å². The number of esters is 3. The van der Waals surface area contributed by atoms with Gasteiger partial charge < -0.3 is 25.3 Å². The summed E-state index contributed by atoms with van der Waals surface area (Å²) in [6, 6.07) is 0. The lowest BCUT2D eigenvalue weighted by atomic mass is 9.96. The van der Waals surface area contributed by atoms with Crippen LogP contribution < -0.4 is 11.1 Å². The monoisotopic (exact) mass is 973 g/mol. The number of nitrogens with two attached hydrogens (primary N) is 1. The summed E-state index contributed by atoms with van der Waals surface area (Å²) in [4.78, 5) is 49.9. The number of carbonyl (C=O) groups excluding carboxylic acids is 4. The molecule has 9 heteroatoms. The van der Waals surface area contributed by atoms with Crippen molar-refractivity contribution in [3.05, 3.63) is 24.3 Å². The number of unbranched alkanes of at least 4 members (excludes halogenated alkanes) is 31. The van der Waals surface area contributed by atoms with Gasteiger partial charge in [0.2, 0.25) is 5.91 Å². The molecular weight excluding hydrogens is 861 g/mol. The van der Waals surface area contributed by atoms with Crippen LogP contribution in [0.2, 0.25) is 0 Å². The minimum absolute atomic E-state index is 0.0886. The smallest absolute Gasteiger partial charge is 0.306 e. The maximum atomic E-state index is 12.9. The van der Waals surface area contributed by atoms with Crippen LogP contribution in [0.1, 0.15) is 297 Å². The highest BCUT2D eigenvalue weighted by molar-refractivity contribution is 5.75. The first kappa shape index (κ1) is 66.3. The van der Waals surface area contributed by atoms with Gasteiger partial charge in [-0.2, -0.15) is 0 Å². The van der Waals surface area contributed by atoms with Gasteiger partial charge in [0, 0.05) is 38.8 Å². The molecule has 0 aliphatic carbocycles. The van der Waals surface area contributed by atoms with Crippen molar-refractivity contribution in [2.45, 2.75) is 303 Å². The zero-order valence-corrected chi connectivity index (χ0v) is 45.6. The summed E-state index contributed by atoms with van der Waals surface area (Å²) < 4.78 is 16.9. The summed E-state index contributed by atoms with van der Waals surface area (Å²) in [5.41, 5.74) is 5.43. The molecule has 0 spiro atoms. The molecule has 0 aliphatic heterocycles. The molecule has 404 valence electrons. The van der Waals surface area contributed by atoms with E-state index in [1.54, 1.807) is 0 Å². The van der Waals surface area contributed by atoms with Crippen LogP contribution in [0, 0.1) is 5.92 Å². The summed E-state index contributed by atoms with van der Waals surface area (Å²) in [5, 5.41) is 2.83. The Hall–Kier alpha value is -2.68. The van der Waals surface area contributed by atoms with Crippen molar-refractivity contribution in [2.75, 3.05) is 26.3 Å². The van der Waals surface area contributed by atoms with Gasteiger partial charge in [0.05, 0.1) is 0 Å². The van der Waals surface area contributed by atoms with Crippen molar-refractivity contribution in [3.63, 3.8) is 0 Å². The third kappa shape index (κ3) is 53.0. The molecule has 0 aliphatic rings. The van der Waals surface area contributed by atoms with Crippen LogP contribution in [-0.2, 0) is 33.4 Å². The third-order valence-corrected chi connectivity index (χ3v) is 13.4. The van der Waals surface area contributed by atoms with E-state index >= 15 is 0 Å². The van der Waals surface area contributed by atoms with Crippen LogP contribution in [0.25, 0.3) is 0 Å². The molecule has 0 aromatic rings. The first-order chi connectivity index (χ1) is 33.8. The molecule has 9 nitrogen and oxygen atoms in total. The highest BCUT2D eigenvalue weighted by atomic mass is 16.6. The van der Waals surface area contributed by atoms with Gasteiger partial charge >= 0.3 is 17.9 Å². The van der Waals surface area contributed by atoms with E-state index in [-0.39, 0.29) is 37.0 Å². The fraction of sp³-hybridized carbons (Fsp3) is 0.867. The van der Waals surface area contributed by atoms with Gasteiger partial charge in [-0.1, -0.05) is 238 Å². The van der Waals surface area contributed by atoms with Crippen molar-refractivity contribution in [3.8, 4) is 0 Å². The fourth-order valence-corrected chi connectivity index (χ4v) is 8.82. The molecule has 0 aromatic carbocycles. The van der Waals surface area contributed by atoms with Crippen molar-refractivity contribution < 1.29 is 33.4 Å². The third-order valence-electron chi connectivity index (χ3n) is 13.4. The van der Waals surface area contributed by atoms with Crippen molar-refractivity contribution in [2.24, 2.45) is 11.7 Å². The first-order valence-electron chi connectivity index (χ1n) is 29.6. The van der Waals surface area contributed by atoms with E-state index in [1.807, 2.05) is 0 Å². The second kappa shape index (κ2) is 54.6. The Bertz CT molecular complexity index is 1210. The Kier molecular flexibility index (Phi) is 52.5. The zero-order chi connectivity index (χ0) is 50.4. The van der Waals surface area contributed by atoms with Gasteiger partial charge in [0.1, 0.15) is 13.2 Å². The van der Waals surface area contributed by atoms with Crippen LogP contribution in [0.3, 0.4) is 0 Å². The molecule has 0 rings (SSSR count). The van der Waals surface area contributed by atoms with E-state index in [0.29, 0.717) is 38.8 Å². The van der Waals surface area contributed by atoms with Crippen LogP contribution in [0.4, 0.5) is 0 Å². The van der Waals surface area contributed by atoms with Crippen LogP contribution in [0.15, 0.2) is 24.3 Å². The Morgan fingerprint density at radius 3 is 1.22 bits per heavy atom. The maximum Gasteiger partial charge on any atom is 0.306 e. The quantitative estimate of drug-likeness (QED) is 0.0266. The number of rotatable bonds is 54. The number of carbonyl (C=O) groups is 4. The second-order valence-corrected chi connectivity index (χ2v) is 20.4. The average molecular weight is 974 g/mol. The second-order valence-electron chi connectivity index (χ2n) is 20.4.